The Balaban J connectivity index is 2.29. The molecule has 0 spiro atoms. The number of ether oxygens (including phenoxy) is 1. The van der Waals surface area contributed by atoms with E-state index in [2.05, 4.69) is 24.2 Å². The Morgan fingerprint density at radius 2 is 2.31 bits per heavy atom. The average molecular weight is 228 g/mol. The Hall–Kier alpha value is -0.120. The molecular weight excluding hydrogens is 200 g/mol. The highest BCUT2D eigenvalue weighted by Crippen LogP contribution is 2.17. The molecule has 1 saturated heterocycles. The summed E-state index contributed by atoms with van der Waals surface area (Å²) in [5.74, 6) is 0.748. The first kappa shape index (κ1) is 13.9. The molecule has 0 amide bonds. The molecule has 96 valence electrons. The lowest BCUT2D eigenvalue weighted by Crippen LogP contribution is -2.44. The van der Waals surface area contributed by atoms with E-state index in [9.17, 15) is 0 Å². The molecule has 1 heterocycles. The van der Waals surface area contributed by atoms with Crippen molar-refractivity contribution in [1.29, 1.82) is 0 Å². The second-order valence-corrected chi connectivity index (χ2v) is 5.00. The lowest BCUT2D eigenvalue weighted by molar-refractivity contribution is 0.0855. The monoisotopic (exact) mass is 228 g/mol. The van der Waals surface area contributed by atoms with Crippen LogP contribution in [-0.4, -0.2) is 51.3 Å². The van der Waals surface area contributed by atoms with Crippen molar-refractivity contribution < 1.29 is 4.74 Å². The SMILES string of the molecule is CCCC(CN1CCCC(COC)C1)NC. The highest BCUT2D eigenvalue weighted by atomic mass is 16.5. The fraction of sp³-hybridized carbons (Fsp3) is 1.00. The maximum atomic E-state index is 5.27. The molecule has 1 fully saturated rings. The molecule has 2 unspecified atom stereocenters. The van der Waals surface area contributed by atoms with Gasteiger partial charge in [-0.3, -0.25) is 0 Å². The van der Waals surface area contributed by atoms with Gasteiger partial charge in [0.25, 0.3) is 0 Å². The van der Waals surface area contributed by atoms with E-state index in [1.807, 2.05) is 7.11 Å². The molecule has 0 radical (unpaired) electrons. The normalized spacial score (nSPS) is 24.6. The number of nitrogens with zero attached hydrogens (tertiary/aromatic N) is 1. The topological polar surface area (TPSA) is 24.5 Å². The van der Waals surface area contributed by atoms with Crippen LogP contribution in [-0.2, 0) is 4.74 Å². The molecule has 1 aliphatic heterocycles. The van der Waals surface area contributed by atoms with Crippen molar-refractivity contribution in [3.05, 3.63) is 0 Å². The van der Waals surface area contributed by atoms with E-state index in [0.29, 0.717) is 6.04 Å². The number of piperidine rings is 1. The third-order valence-corrected chi connectivity index (χ3v) is 3.53. The van der Waals surface area contributed by atoms with Gasteiger partial charge in [0, 0.05) is 26.2 Å². The smallest absolute Gasteiger partial charge is 0.0502 e. The Kier molecular flexibility index (Phi) is 7.01. The first-order valence-electron chi connectivity index (χ1n) is 6.68. The van der Waals surface area contributed by atoms with Crippen molar-refractivity contribution in [3.8, 4) is 0 Å². The van der Waals surface area contributed by atoms with Gasteiger partial charge in [-0.1, -0.05) is 13.3 Å². The van der Waals surface area contributed by atoms with Crippen molar-refractivity contribution in [3.63, 3.8) is 0 Å². The molecule has 1 rings (SSSR count). The first-order valence-corrected chi connectivity index (χ1v) is 6.68. The summed E-state index contributed by atoms with van der Waals surface area (Å²) in [6.07, 6.45) is 5.21. The summed E-state index contributed by atoms with van der Waals surface area (Å²) in [6.45, 7) is 6.87. The molecule has 1 aliphatic rings. The van der Waals surface area contributed by atoms with Gasteiger partial charge in [-0.05, 0) is 38.8 Å². The Labute approximate surface area is 101 Å². The van der Waals surface area contributed by atoms with Crippen LogP contribution >= 0.6 is 0 Å². The Bertz CT molecular complexity index is 173. The highest BCUT2D eigenvalue weighted by molar-refractivity contribution is 4.77. The number of likely N-dealkylation sites (tertiary alicyclic amines) is 1. The number of hydrogen-bond donors (Lipinski definition) is 1. The maximum Gasteiger partial charge on any atom is 0.0502 e. The van der Waals surface area contributed by atoms with E-state index in [0.717, 1.165) is 12.5 Å². The van der Waals surface area contributed by atoms with Crippen LogP contribution in [0.5, 0.6) is 0 Å². The molecule has 2 atom stereocenters. The molecule has 0 aromatic carbocycles. The van der Waals surface area contributed by atoms with Crippen molar-refractivity contribution in [2.75, 3.05) is 40.4 Å². The molecule has 0 aliphatic carbocycles. The van der Waals surface area contributed by atoms with Crippen molar-refractivity contribution in [1.82, 2.24) is 10.2 Å². The fourth-order valence-electron chi connectivity index (χ4n) is 2.68. The van der Waals surface area contributed by atoms with Gasteiger partial charge in [-0.15, -0.1) is 0 Å². The van der Waals surface area contributed by atoms with E-state index < -0.39 is 0 Å². The van der Waals surface area contributed by atoms with Gasteiger partial charge in [0.2, 0.25) is 0 Å². The predicted molar refractivity (Wildman–Crippen MR) is 68.8 cm³/mol. The van der Waals surface area contributed by atoms with E-state index in [1.54, 1.807) is 0 Å². The average Bonchev–Trinajstić information content (AvgIpc) is 2.29. The minimum Gasteiger partial charge on any atom is -0.384 e. The number of rotatable bonds is 7. The minimum absolute atomic E-state index is 0.659. The van der Waals surface area contributed by atoms with Gasteiger partial charge >= 0.3 is 0 Å². The molecule has 0 bridgehead atoms. The van der Waals surface area contributed by atoms with Crippen LogP contribution in [0.3, 0.4) is 0 Å². The summed E-state index contributed by atoms with van der Waals surface area (Å²) in [6, 6.07) is 0.659. The zero-order chi connectivity index (χ0) is 11.8. The molecular formula is C13H28N2O. The van der Waals surface area contributed by atoms with Crippen LogP contribution in [0.4, 0.5) is 0 Å². The van der Waals surface area contributed by atoms with Crippen LogP contribution in [0.1, 0.15) is 32.6 Å². The van der Waals surface area contributed by atoms with Gasteiger partial charge < -0.3 is 15.0 Å². The summed E-state index contributed by atoms with van der Waals surface area (Å²) in [5.41, 5.74) is 0. The van der Waals surface area contributed by atoms with Crippen molar-refractivity contribution >= 4 is 0 Å². The summed E-state index contributed by atoms with van der Waals surface area (Å²) in [5, 5.41) is 3.42. The predicted octanol–water partition coefficient (Wildman–Crippen LogP) is 1.73. The number of likely N-dealkylation sites (N-methyl/N-ethyl adjacent to an activating group) is 1. The fourth-order valence-corrected chi connectivity index (χ4v) is 2.68. The first-order chi connectivity index (χ1) is 7.80. The van der Waals surface area contributed by atoms with E-state index in [-0.39, 0.29) is 0 Å². The molecule has 0 aromatic rings. The molecule has 16 heavy (non-hydrogen) atoms. The van der Waals surface area contributed by atoms with Gasteiger partial charge in [-0.2, -0.15) is 0 Å². The lowest BCUT2D eigenvalue weighted by atomic mass is 9.98. The van der Waals surface area contributed by atoms with Crippen LogP contribution < -0.4 is 5.32 Å². The second-order valence-electron chi connectivity index (χ2n) is 5.00. The largest absolute Gasteiger partial charge is 0.384 e. The maximum absolute atomic E-state index is 5.27. The number of nitrogens with one attached hydrogen (secondary N) is 1. The van der Waals surface area contributed by atoms with E-state index >= 15 is 0 Å². The number of methoxy groups -OCH3 is 1. The zero-order valence-corrected chi connectivity index (χ0v) is 11.2. The van der Waals surface area contributed by atoms with Crippen molar-refractivity contribution in [2.45, 2.75) is 38.6 Å². The molecule has 1 N–H and O–H groups in total. The summed E-state index contributed by atoms with van der Waals surface area (Å²) < 4.78 is 5.27. The van der Waals surface area contributed by atoms with E-state index in [1.165, 1.54) is 45.3 Å². The standard InChI is InChI=1S/C13H28N2O/c1-4-6-13(14-2)10-15-8-5-7-12(9-15)11-16-3/h12-14H,4-11H2,1-3H3. The van der Waals surface area contributed by atoms with E-state index in [4.69, 9.17) is 4.74 Å². The molecule has 0 saturated carbocycles. The van der Waals surface area contributed by atoms with Gasteiger partial charge in [-0.25, -0.2) is 0 Å². The third kappa shape index (κ3) is 4.81. The van der Waals surface area contributed by atoms with Crippen molar-refractivity contribution in [2.24, 2.45) is 5.92 Å². The summed E-state index contributed by atoms with van der Waals surface area (Å²) in [7, 11) is 3.89. The Morgan fingerprint density at radius 1 is 1.50 bits per heavy atom. The summed E-state index contributed by atoms with van der Waals surface area (Å²) >= 11 is 0. The van der Waals surface area contributed by atoms with Gasteiger partial charge in [0.1, 0.15) is 0 Å². The lowest BCUT2D eigenvalue weighted by Gasteiger charge is -2.34. The summed E-state index contributed by atoms with van der Waals surface area (Å²) in [4.78, 5) is 2.60. The van der Waals surface area contributed by atoms with Crippen LogP contribution in [0, 0.1) is 5.92 Å². The zero-order valence-electron chi connectivity index (χ0n) is 11.2. The van der Waals surface area contributed by atoms with Crippen LogP contribution in [0.15, 0.2) is 0 Å². The van der Waals surface area contributed by atoms with Crippen LogP contribution in [0.25, 0.3) is 0 Å². The third-order valence-electron chi connectivity index (χ3n) is 3.53. The molecule has 0 aromatic heterocycles. The second kappa shape index (κ2) is 8.04. The van der Waals surface area contributed by atoms with Crippen LogP contribution in [0.2, 0.25) is 0 Å². The highest BCUT2D eigenvalue weighted by Gasteiger charge is 2.21. The van der Waals surface area contributed by atoms with Gasteiger partial charge in [0.15, 0.2) is 0 Å². The quantitative estimate of drug-likeness (QED) is 0.718. The minimum atomic E-state index is 0.659. The molecule has 3 heteroatoms. The van der Waals surface area contributed by atoms with Gasteiger partial charge in [0.05, 0.1) is 6.61 Å². The molecule has 3 nitrogen and oxygen atoms in total. The number of hydrogen-bond acceptors (Lipinski definition) is 3. The Morgan fingerprint density at radius 3 is 2.94 bits per heavy atom.